The molecule has 1 aliphatic heterocycles. The maximum atomic E-state index is 12.2. The van der Waals surface area contributed by atoms with Gasteiger partial charge in [-0.15, -0.1) is 0 Å². The number of carbonyl (C=O) groups excluding carboxylic acids is 1. The molecule has 1 unspecified atom stereocenters. The Kier molecular flexibility index (Phi) is 5.84. The quantitative estimate of drug-likeness (QED) is 0.832. The molecule has 1 aliphatic rings. The fraction of sp³-hybridized carbons (Fsp3) is 0.350. The van der Waals surface area contributed by atoms with Crippen LogP contribution in [0.15, 0.2) is 42.5 Å². The molecule has 6 nitrogen and oxygen atoms in total. The molecule has 26 heavy (non-hydrogen) atoms. The van der Waals surface area contributed by atoms with Crippen molar-refractivity contribution in [1.29, 1.82) is 0 Å². The van der Waals surface area contributed by atoms with E-state index in [1.54, 1.807) is 0 Å². The Bertz CT molecular complexity index is 746. The monoisotopic (exact) mass is 356 g/mol. The zero-order valence-corrected chi connectivity index (χ0v) is 15.1. The van der Waals surface area contributed by atoms with E-state index in [0.29, 0.717) is 26.4 Å². The average Bonchev–Trinajstić information content (AvgIpc) is 2.67. The van der Waals surface area contributed by atoms with Gasteiger partial charge in [-0.25, -0.2) is 4.79 Å². The molecular weight excluding hydrogens is 332 g/mol. The second kappa shape index (κ2) is 8.47. The number of hydrogen-bond donors (Lipinski definition) is 2. The van der Waals surface area contributed by atoms with Crippen LogP contribution in [0, 0.1) is 0 Å². The van der Waals surface area contributed by atoms with E-state index >= 15 is 0 Å². The second-order valence-corrected chi connectivity index (χ2v) is 6.03. The molecule has 0 spiro atoms. The van der Waals surface area contributed by atoms with Gasteiger partial charge in [0.05, 0.1) is 12.6 Å². The van der Waals surface area contributed by atoms with Crippen molar-refractivity contribution in [3.63, 3.8) is 0 Å². The van der Waals surface area contributed by atoms with Crippen molar-refractivity contribution < 1.29 is 19.0 Å². The lowest BCUT2D eigenvalue weighted by Crippen LogP contribution is -2.36. The maximum Gasteiger partial charge on any atom is 0.315 e. The number of carbonyl (C=O) groups is 1. The van der Waals surface area contributed by atoms with Crippen molar-refractivity contribution in [3.05, 3.63) is 53.6 Å². The van der Waals surface area contributed by atoms with Gasteiger partial charge in [-0.2, -0.15) is 0 Å². The molecule has 0 fully saturated rings. The molecule has 3 rings (SSSR count). The third kappa shape index (κ3) is 4.59. The molecule has 2 aromatic carbocycles. The molecule has 2 amide bonds. The summed E-state index contributed by atoms with van der Waals surface area (Å²) in [5.74, 6) is 2.29. The smallest absolute Gasteiger partial charge is 0.315 e. The van der Waals surface area contributed by atoms with Crippen molar-refractivity contribution in [1.82, 2.24) is 10.6 Å². The van der Waals surface area contributed by atoms with Crippen LogP contribution in [-0.4, -0.2) is 25.9 Å². The van der Waals surface area contributed by atoms with Crippen LogP contribution in [0.5, 0.6) is 17.2 Å². The number of urea groups is 1. The third-order valence-electron chi connectivity index (χ3n) is 4.10. The number of fused-ring (bicyclic) bond motifs is 1. The molecule has 6 heteroatoms. The predicted molar refractivity (Wildman–Crippen MR) is 98.8 cm³/mol. The molecule has 2 N–H and O–H groups in total. The SMILES string of the molecule is CCOc1ccc(C(C)NC(=O)NCc2ccc3c(c2)OCCO3)cc1. The Morgan fingerprint density at radius 1 is 1.12 bits per heavy atom. The molecular formula is C20H24N2O4. The lowest BCUT2D eigenvalue weighted by Gasteiger charge is -2.19. The summed E-state index contributed by atoms with van der Waals surface area (Å²) in [6.45, 7) is 6.05. The largest absolute Gasteiger partial charge is 0.494 e. The van der Waals surface area contributed by atoms with Gasteiger partial charge in [0, 0.05) is 6.54 Å². The normalized spacial score (nSPS) is 13.6. The molecule has 0 aromatic heterocycles. The molecule has 0 saturated heterocycles. The highest BCUT2D eigenvalue weighted by atomic mass is 16.6. The zero-order chi connectivity index (χ0) is 18.4. The predicted octanol–water partition coefficient (Wildman–Crippen LogP) is 3.42. The summed E-state index contributed by atoms with van der Waals surface area (Å²) in [5, 5.41) is 5.80. The van der Waals surface area contributed by atoms with Gasteiger partial charge in [0.2, 0.25) is 0 Å². The lowest BCUT2D eigenvalue weighted by molar-refractivity contribution is 0.171. The minimum Gasteiger partial charge on any atom is -0.494 e. The number of ether oxygens (including phenoxy) is 3. The van der Waals surface area contributed by atoms with Gasteiger partial charge in [-0.3, -0.25) is 0 Å². The highest BCUT2D eigenvalue weighted by Gasteiger charge is 2.13. The van der Waals surface area contributed by atoms with Crippen molar-refractivity contribution in [3.8, 4) is 17.2 Å². The summed E-state index contributed by atoms with van der Waals surface area (Å²) < 4.78 is 16.5. The van der Waals surface area contributed by atoms with E-state index in [1.165, 1.54) is 0 Å². The van der Waals surface area contributed by atoms with Crippen molar-refractivity contribution in [2.75, 3.05) is 19.8 Å². The van der Waals surface area contributed by atoms with Crippen LogP contribution < -0.4 is 24.8 Å². The van der Waals surface area contributed by atoms with Gasteiger partial charge in [0.1, 0.15) is 19.0 Å². The van der Waals surface area contributed by atoms with E-state index in [4.69, 9.17) is 14.2 Å². The number of amides is 2. The second-order valence-electron chi connectivity index (χ2n) is 6.03. The summed E-state index contributed by atoms with van der Waals surface area (Å²) >= 11 is 0. The summed E-state index contributed by atoms with van der Waals surface area (Å²) in [4.78, 5) is 12.2. The summed E-state index contributed by atoms with van der Waals surface area (Å²) in [6, 6.07) is 13.1. The van der Waals surface area contributed by atoms with Gasteiger partial charge in [0.15, 0.2) is 11.5 Å². The molecule has 0 saturated carbocycles. The highest BCUT2D eigenvalue weighted by molar-refractivity contribution is 5.74. The van der Waals surface area contributed by atoms with Gasteiger partial charge in [0.25, 0.3) is 0 Å². The summed E-state index contributed by atoms with van der Waals surface area (Å²) in [7, 11) is 0. The van der Waals surface area contributed by atoms with E-state index in [0.717, 1.165) is 28.4 Å². The van der Waals surface area contributed by atoms with E-state index < -0.39 is 0 Å². The van der Waals surface area contributed by atoms with Gasteiger partial charge < -0.3 is 24.8 Å². The van der Waals surface area contributed by atoms with E-state index in [2.05, 4.69) is 10.6 Å². The molecule has 138 valence electrons. The zero-order valence-electron chi connectivity index (χ0n) is 15.1. The minimum absolute atomic E-state index is 0.106. The van der Waals surface area contributed by atoms with Gasteiger partial charge in [-0.1, -0.05) is 18.2 Å². The van der Waals surface area contributed by atoms with Crippen LogP contribution in [-0.2, 0) is 6.54 Å². The summed E-state index contributed by atoms with van der Waals surface area (Å²) in [5.41, 5.74) is 1.97. The van der Waals surface area contributed by atoms with Crippen LogP contribution in [0.4, 0.5) is 4.79 Å². The fourth-order valence-corrected chi connectivity index (χ4v) is 2.73. The number of nitrogens with one attached hydrogen (secondary N) is 2. The molecule has 1 atom stereocenters. The van der Waals surface area contributed by atoms with Crippen LogP contribution in [0.25, 0.3) is 0 Å². The van der Waals surface area contributed by atoms with Crippen LogP contribution in [0.1, 0.15) is 31.0 Å². The maximum absolute atomic E-state index is 12.2. The van der Waals surface area contributed by atoms with E-state index in [9.17, 15) is 4.79 Å². The van der Waals surface area contributed by atoms with E-state index in [1.807, 2.05) is 56.3 Å². The van der Waals surface area contributed by atoms with Crippen molar-refractivity contribution >= 4 is 6.03 Å². The Balaban J connectivity index is 1.50. The molecule has 0 bridgehead atoms. The van der Waals surface area contributed by atoms with Crippen LogP contribution >= 0.6 is 0 Å². The Labute approximate surface area is 153 Å². The first-order chi connectivity index (χ1) is 12.7. The molecule has 0 radical (unpaired) electrons. The highest BCUT2D eigenvalue weighted by Crippen LogP contribution is 2.30. The Morgan fingerprint density at radius 2 is 1.85 bits per heavy atom. The standard InChI is InChI=1S/C20H24N2O4/c1-3-24-17-7-5-16(6-8-17)14(2)22-20(23)21-13-15-4-9-18-19(12-15)26-11-10-25-18/h4-9,12,14H,3,10-11,13H2,1-2H3,(H2,21,22,23). The minimum atomic E-state index is -0.221. The first-order valence-corrected chi connectivity index (χ1v) is 8.81. The topological polar surface area (TPSA) is 68.8 Å². The Hall–Kier alpha value is -2.89. The van der Waals surface area contributed by atoms with Gasteiger partial charge >= 0.3 is 6.03 Å². The lowest BCUT2D eigenvalue weighted by atomic mass is 10.1. The van der Waals surface area contributed by atoms with Crippen LogP contribution in [0.3, 0.4) is 0 Å². The first-order valence-electron chi connectivity index (χ1n) is 8.81. The fourth-order valence-electron chi connectivity index (χ4n) is 2.73. The average molecular weight is 356 g/mol. The van der Waals surface area contributed by atoms with Crippen molar-refractivity contribution in [2.45, 2.75) is 26.4 Å². The first kappa shape index (κ1) is 17.9. The Morgan fingerprint density at radius 3 is 2.58 bits per heavy atom. The van der Waals surface area contributed by atoms with E-state index in [-0.39, 0.29) is 12.1 Å². The summed E-state index contributed by atoms with van der Waals surface area (Å²) in [6.07, 6.45) is 0. The van der Waals surface area contributed by atoms with Gasteiger partial charge in [-0.05, 0) is 49.2 Å². The number of hydrogen-bond acceptors (Lipinski definition) is 4. The van der Waals surface area contributed by atoms with Crippen molar-refractivity contribution in [2.24, 2.45) is 0 Å². The van der Waals surface area contributed by atoms with Crippen LogP contribution in [0.2, 0.25) is 0 Å². The molecule has 2 aromatic rings. The number of rotatable bonds is 6. The molecule has 0 aliphatic carbocycles. The third-order valence-corrected chi connectivity index (χ3v) is 4.10. The molecule has 1 heterocycles. The number of benzene rings is 2.